The number of anilines is 1. The summed E-state index contributed by atoms with van der Waals surface area (Å²) in [6.45, 7) is -0.239. The summed E-state index contributed by atoms with van der Waals surface area (Å²) in [5.41, 5.74) is 0.506. The van der Waals surface area contributed by atoms with Crippen LogP contribution in [0.3, 0.4) is 0 Å². The maximum Gasteiger partial charge on any atom is 0.239 e. The van der Waals surface area contributed by atoms with E-state index in [-0.39, 0.29) is 6.54 Å². The number of benzene rings is 1. The molecule has 0 saturated heterocycles. The normalized spacial score (nSPS) is 11.3. The van der Waals surface area contributed by atoms with Gasteiger partial charge in [0.05, 0.1) is 25.6 Å². The van der Waals surface area contributed by atoms with Gasteiger partial charge in [-0.05, 0) is 12.1 Å². The van der Waals surface area contributed by atoms with E-state index in [1.807, 2.05) is 0 Å². The first kappa shape index (κ1) is 14.5. The highest BCUT2D eigenvalue weighted by Gasteiger charge is 2.15. The fraction of sp³-hybridized carbons (Fsp3) is 0.364. The minimum atomic E-state index is -3.36. The van der Waals surface area contributed by atoms with Crippen molar-refractivity contribution in [1.29, 1.82) is 0 Å². The van der Waals surface area contributed by atoms with Crippen molar-refractivity contribution in [2.75, 3.05) is 32.3 Å². The molecule has 0 spiro atoms. The molecule has 100 valence electrons. The Morgan fingerprint density at radius 1 is 1.39 bits per heavy atom. The van der Waals surface area contributed by atoms with Crippen molar-refractivity contribution in [3.63, 3.8) is 0 Å². The number of hydrogen-bond acceptors (Lipinski definition) is 4. The predicted molar refractivity (Wildman–Crippen MR) is 69.1 cm³/mol. The number of carbonyl (C=O) groups excluding carboxylic acids is 1. The average molecular weight is 272 g/mol. The first-order valence-electron chi connectivity index (χ1n) is 5.18. The van der Waals surface area contributed by atoms with Crippen LogP contribution in [0.5, 0.6) is 5.75 Å². The number of nitrogens with one attached hydrogen (secondary N) is 1. The topological polar surface area (TPSA) is 75.7 Å². The minimum Gasteiger partial charge on any atom is -0.495 e. The molecule has 0 aliphatic rings. The highest BCUT2D eigenvalue weighted by atomic mass is 32.2. The lowest BCUT2D eigenvalue weighted by atomic mass is 10.3. The second-order valence-electron chi connectivity index (χ2n) is 3.77. The van der Waals surface area contributed by atoms with E-state index in [1.165, 1.54) is 14.2 Å². The molecule has 1 rings (SSSR count). The lowest BCUT2D eigenvalue weighted by molar-refractivity contribution is -0.116. The Bertz CT molecular complexity index is 528. The number of carbonyl (C=O) groups is 1. The largest absolute Gasteiger partial charge is 0.495 e. The molecule has 0 aliphatic heterocycles. The standard InChI is InChI=1S/C11H16N2O4S/c1-13(18(3,15)16)8-11(14)12-9-6-4-5-7-10(9)17-2/h4-7H,8H2,1-3H3,(H,12,14). The Morgan fingerprint density at radius 2 is 2.00 bits per heavy atom. The van der Waals surface area contributed by atoms with E-state index in [4.69, 9.17) is 4.74 Å². The van der Waals surface area contributed by atoms with Crippen LogP contribution in [0.25, 0.3) is 0 Å². The van der Waals surface area contributed by atoms with E-state index in [9.17, 15) is 13.2 Å². The number of nitrogens with zero attached hydrogens (tertiary/aromatic N) is 1. The zero-order valence-corrected chi connectivity index (χ0v) is 11.3. The first-order valence-corrected chi connectivity index (χ1v) is 7.03. The van der Waals surface area contributed by atoms with Crippen LogP contribution in [0, 0.1) is 0 Å². The molecule has 0 aromatic heterocycles. The molecule has 18 heavy (non-hydrogen) atoms. The van der Waals surface area contributed by atoms with Crippen LogP contribution >= 0.6 is 0 Å². The van der Waals surface area contributed by atoms with Crippen LogP contribution in [-0.2, 0) is 14.8 Å². The van der Waals surface area contributed by atoms with Crippen LogP contribution < -0.4 is 10.1 Å². The Morgan fingerprint density at radius 3 is 2.56 bits per heavy atom. The maximum absolute atomic E-state index is 11.7. The van der Waals surface area contributed by atoms with Crippen molar-refractivity contribution in [2.24, 2.45) is 0 Å². The zero-order chi connectivity index (χ0) is 13.8. The molecular formula is C11H16N2O4S. The third kappa shape index (κ3) is 4.01. The molecule has 0 bridgehead atoms. The summed E-state index contributed by atoms with van der Waals surface area (Å²) >= 11 is 0. The summed E-state index contributed by atoms with van der Waals surface area (Å²) in [4.78, 5) is 11.7. The van der Waals surface area contributed by atoms with Gasteiger partial charge in [-0.3, -0.25) is 4.79 Å². The lowest BCUT2D eigenvalue weighted by Crippen LogP contribution is -2.34. The second-order valence-corrected chi connectivity index (χ2v) is 5.86. The van der Waals surface area contributed by atoms with Crippen molar-refractivity contribution in [2.45, 2.75) is 0 Å². The molecule has 0 atom stereocenters. The van der Waals surface area contributed by atoms with Gasteiger partial charge < -0.3 is 10.1 Å². The van der Waals surface area contributed by atoms with Crippen molar-refractivity contribution >= 4 is 21.6 Å². The number of likely N-dealkylation sites (N-methyl/N-ethyl adjacent to an activating group) is 1. The summed E-state index contributed by atoms with van der Waals surface area (Å²) in [5.74, 6) is 0.0975. The number of methoxy groups -OCH3 is 1. The summed E-state index contributed by atoms with van der Waals surface area (Å²) in [6.07, 6.45) is 1.05. The molecule has 7 heteroatoms. The van der Waals surface area contributed by atoms with Gasteiger partial charge in [-0.25, -0.2) is 8.42 Å². The number of hydrogen-bond donors (Lipinski definition) is 1. The highest BCUT2D eigenvalue weighted by molar-refractivity contribution is 7.88. The molecule has 6 nitrogen and oxygen atoms in total. The fourth-order valence-corrected chi connectivity index (χ4v) is 1.61. The van der Waals surface area contributed by atoms with Crippen molar-refractivity contribution < 1.29 is 17.9 Å². The van der Waals surface area contributed by atoms with Gasteiger partial charge in [0, 0.05) is 7.05 Å². The number of ether oxygens (including phenoxy) is 1. The Labute approximate surface area is 107 Å². The average Bonchev–Trinajstić information content (AvgIpc) is 2.28. The van der Waals surface area contributed by atoms with Crippen LogP contribution in [0.2, 0.25) is 0 Å². The van der Waals surface area contributed by atoms with Crippen molar-refractivity contribution in [3.8, 4) is 5.75 Å². The number of amides is 1. The van der Waals surface area contributed by atoms with Gasteiger partial charge in [0.15, 0.2) is 0 Å². The van der Waals surface area contributed by atoms with Gasteiger partial charge in [-0.15, -0.1) is 0 Å². The SMILES string of the molecule is COc1ccccc1NC(=O)CN(C)S(C)(=O)=O. The molecule has 1 aromatic carbocycles. The van der Waals surface area contributed by atoms with E-state index in [2.05, 4.69) is 5.32 Å². The van der Waals surface area contributed by atoms with Crippen LogP contribution in [-0.4, -0.2) is 45.6 Å². The van der Waals surface area contributed by atoms with E-state index in [0.29, 0.717) is 11.4 Å². The van der Waals surface area contributed by atoms with Gasteiger partial charge in [-0.1, -0.05) is 12.1 Å². The maximum atomic E-state index is 11.7. The van der Waals surface area contributed by atoms with Crippen LogP contribution in [0.4, 0.5) is 5.69 Å². The fourth-order valence-electron chi connectivity index (χ4n) is 1.26. The molecule has 0 heterocycles. The van der Waals surface area contributed by atoms with Gasteiger partial charge in [0.1, 0.15) is 5.75 Å². The lowest BCUT2D eigenvalue weighted by Gasteiger charge is -2.14. The highest BCUT2D eigenvalue weighted by Crippen LogP contribution is 2.22. The van der Waals surface area contributed by atoms with Crippen LogP contribution in [0.1, 0.15) is 0 Å². The Hall–Kier alpha value is -1.60. The number of rotatable bonds is 5. The number of para-hydroxylation sites is 2. The summed E-state index contributed by atoms with van der Waals surface area (Å²) in [7, 11) is -0.527. The molecule has 1 aromatic rings. The monoisotopic (exact) mass is 272 g/mol. The Kier molecular flexibility index (Phi) is 4.69. The predicted octanol–water partition coefficient (Wildman–Crippen LogP) is 0.525. The Balaban J connectivity index is 2.71. The molecule has 0 fully saturated rings. The molecule has 0 aliphatic carbocycles. The molecular weight excluding hydrogens is 256 g/mol. The van der Waals surface area contributed by atoms with Gasteiger partial charge in [0.2, 0.25) is 15.9 Å². The summed E-state index contributed by atoms with van der Waals surface area (Å²) in [5, 5.41) is 2.59. The summed E-state index contributed by atoms with van der Waals surface area (Å²) in [6, 6.07) is 6.91. The zero-order valence-electron chi connectivity index (χ0n) is 10.5. The molecule has 1 amide bonds. The van der Waals surface area contributed by atoms with E-state index < -0.39 is 15.9 Å². The third-order valence-electron chi connectivity index (χ3n) is 2.31. The molecule has 0 radical (unpaired) electrons. The van der Waals surface area contributed by atoms with E-state index in [1.54, 1.807) is 24.3 Å². The van der Waals surface area contributed by atoms with Crippen molar-refractivity contribution in [3.05, 3.63) is 24.3 Å². The minimum absolute atomic E-state index is 0.239. The van der Waals surface area contributed by atoms with Crippen molar-refractivity contribution in [1.82, 2.24) is 4.31 Å². The second kappa shape index (κ2) is 5.83. The first-order chi connectivity index (χ1) is 8.34. The summed E-state index contributed by atoms with van der Waals surface area (Å²) < 4.78 is 28.4. The van der Waals surface area contributed by atoms with E-state index >= 15 is 0 Å². The smallest absolute Gasteiger partial charge is 0.239 e. The quantitative estimate of drug-likeness (QED) is 0.848. The number of sulfonamides is 1. The molecule has 0 unspecified atom stereocenters. The molecule has 1 N–H and O–H groups in total. The van der Waals surface area contributed by atoms with Gasteiger partial charge >= 0.3 is 0 Å². The van der Waals surface area contributed by atoms with Gasteiger partial charge in [0.25, 0.3) is 0 Å². The van der Waals surface area contributed by atoms with E-state index in [0.717, 1.165) is 10.6 Å². The van der Waals surface area contributed by atoms with Gasteiger partial charge in [-0.2, -0.15) is 4.31 Å². The van der Waals surface area contributed by atoms with Crippen LogP contribution in [0.15, 0.2) is 24.3 Å². The third-order valence-corrected chi connectivity index (χ3v) is 3.57. The molecule has 0 saturated carbocycles.